The van der Waals surface area contributed by atoms with Crippen molar-refractivity contribution in [3.8, 4) is 0 Å². The number of hydrogen-bond acceptors (Lipinski definition) is 3. The topological polar surface area (TPSA) is 59.8 Å². The molecule has 0 spiro atoms. The highest BCUT2D eigenvalue weighted by atomic mass is 16.1. The molecule has 1 aromatic heterocycles. The van der Waals surface area contributed by atoms with Gasteiger partial charge in [0.25, 0.3) is 5.91 Å². The van der Waals surface area contributed by atoms with Gasteiger partial charge in [-0.05, 0) is 29.7 Å². The second kappa shape index (κ2) is 6.87. The Hall–Kier alpha value is -2.95. The summed E-state index contributed by atoms with van der Waals surface area (Å²) in [6.45, 7) is 3.06. The first-order chi connectivity index (χ1) is 11.2. The van der Waals surface area contributed by atoms with Crippen molar-refractivity contribution in [2.45, 2.75) is 20.0 Å². The molecule has 3 rings (SSSR count). The molecule has 0 aliphatic heterocycles. The summed E-state index contributed by atoms with van der Waals surface area (Å²) in [4.78, 5) is 16.3. The normalized spacial score (nSPS) is 10.5. The minimum absolute atomic E-state index is 0.0568. The summed E-state index contributed by atoms with van der Waals surface area (Å²) in [5, 5.41) is 7.12. The zero-order valence-corrected chi connectivity index (χ0v) is 12.9. The third kappa shape index (κ3) is 3.63. The Morgan fingerprint density at radius 3 is 2.57 bits per heavy atom. The van der Waals surface area contributed by atoms with Crippen molar-refractivity contribution in [1.82, 2.24) is 20.1 Å². The van der Waals surface area contributed by atoms with Gasteiger partial charge in [-0.2, -0.15) is 5.10 Å². The number of carbonyl (C=O) groups excluding carboxylic acids is 1. The van der Waals surface area contributed by atoms with E-state index in [0.717, 1.165) is 16.7 Å². The Morgan fingerprint density at radius 2 is 1.83 bits per heavy atom. The molecule has 0 unspecified atom stereocenters. The molecule has 0 aliphatic rings. The van der Waals surface area contributed by atoms with Gasteiger partial charge in [-0.1, -0.05) is 42.5 Å². The second-order valence-electron chi connectivity index (χ2n) is 5.36. The van der Waals surface area contributed by atoms with Crippen LogP contribution in [0, 0.1) is 6.92 Å². The van der Waals surface area contributed by atoms with Crippen LogP contribution < -0.4 is 5.32 Å². The van der Waals surface area contributed by atoms with Crippen LogP contribution in [0.1, 0.15) is 27.0 Å². The van der Waals surface area contributed by atoms with Crippen LogP contribution in [-0.4, -0.2) is 20.7 Å². The SMILES string of the molecule is Cc1ccccc1C(=O)NCc1ccccc1Cn1cncn1. The third-order valence-corrected chi connectivity index (χ3v) is 3.75. The first-order valence-electron chi connectivity index (χ1n) is 7.47. The summed E-state index contributed by atoms with van der Waals surface area (Å²) < 4.78 is 1.77. The van der Waals surface area contributed by atoms with Crippen molar-refractivity contribution >= 4 is 5.91 Å². The second-order valence-corrected chi connectivity index (χ2v) is 5.36. The fraction of sp³-hybridized carbons (Fsp3) is 0.167. The van der Waals surface area contributed by atoms with Gasteiger partial charge in [-0.3, -0.25) is 4.79 Å². The number of rotatable bonds is 5. The van der Waals surface area contributed by atoms with E-state index in [1.165, 1.54) is 6.33 Å². The number of carbonyl (C=O) groups is 1. The molecule has 1 heterocycles. The van der Waals surface area contributed by atoms with E-state index in [2.05, 4.69) is 15.4 Å². The molecule has 0 radical (unpaired) electrons. The number of hydrogen-bond donors (Lipinski definition) is 1. The van der Waals surface area contributed by atoms with E-state index in [4.69, 9.17) is 0 Å². The van der Waals surface area contributed by atoms with E-state index in [-0.39, 0.29) is 5.91 Å². The van der Waals surface area contributed by atoms with E-state index in [0.29, 0.717) is 18.7 Å². The van der Waals surface area contributed by atoms with Crippen LogP contribution in [0.15, 0.2) is 61.2 Å². The predicted octanol–water partition coefficient (Wildman–Crippen LogP) is 2.56. The Labute approximate surface area is 135 Å². The number of nitrogens with zero attached hydrogens (tertiary/aromatic N) is 3. The minimum Gasteiger partial charge on any atom is -0.348 e. The van der Waals surface area contributed by atoms with Crippen LogP contribution in [-0.2, 0) is 13.1 Å². The molecule has 0 saturated heterocycles. The van der Waals surface area contributed by atoms with Gasteiger partial charge in [0.15, 0.2) is 0 Å². The van der Waals surface area contributed by atoms with Crippen LogP contribution in [0.4, 0.5) is 0 Å². The Bertz CT molecular complexity index is 796. The summed E-state index contributed by atoms with van der Waals surface area (Å²) in [6, 6.07) is 15.6. The van der Waals surface area contributed by atoms with Gasteiger partial charge in [0, 0.05) is 12.1 Å². The summed E-state index contributed by atoms with van der Waals surface area (Å²) >= 11 is 0. The molecule has 0 aliphatic carbocycles. The molecule has 0 fully saturated rings. The predicted molar refractivity (Wildman–Crippen MR) is 87.9 cm³/mol. The lowest BCUT2D eigenvalue weighted by Gasteiger charge is -2.11. The summed E-state index contributed by atoms with van der Waals surface area (Å²) in [6.07, 6.45) is 3.20. The number of benzene rings is 2. The Balaban J connectivity index is 1.71. The summed E-state index contributed by atoms with van der Waals surface area (Å²) in [5.74, 6) is -0.0568. The molecule has 0 saturated carbocycles. The third-order valence-electron chi connectivity index (χ3n) is 3.75. The van der Waals surface area contributed by atoms with Crippen LogP contribution in [0.2, 0.25) is 0 Å². The van der Waals surface area contributed by atoms with Crippen molar-refractivity contribution in [3.05, 3.63) is 83.4 Å². The smallest absolute Gasteiger partial charge is 0.251 e. The van der Waals surface area contributed by atoms with Crippen molar-refractivity contribution < 1.29 is 4.79 Å². The quantitative estimate of drug-likeness (QED) is 0.788. The van der Waals surface area contributed by atoms with E-state index in [1.54, 1.807) is 11.0 Å². The van der Waals surface area contributed by atoms with Crippen molar-refractivity contribution in [2.24, 2.45) is 0 Å². The fourth-order valence-corrected chi connectivity index (χ4v) is 2.47. The maximum atomic E-state index is 12.3. The first-order valence-corrected chi connectivity index (χ1v) is 7.47. The molecule has 1 N–H and O–H groups in total. The van der Waals surface area contributed by atoms with Gasteiger partial charge in [0.2, 0.25) is 0 Å². The van der Waals surface area contributed by atoms with Gasteiger partial charge >= 0.3 is 0 Å². The molecule has 3 aromatic rings. The molecular formula is C18H18N4O. The maximum Gasteiger partial charge on any atom is 0.251 e. The van der Waals surface area contributed by atoms with Gasteiger partial charge in [-0.15, -0.1) is 0 Å². The molecule has 0 atom stereocenters. The standard InChI is InChI=1S/C18H18N4O/c1-14-6-2-5-9-17(14)18(23)20-10-15-7-3-4-8-16(15)11-22-13-19-12-21-22/h2-9,12-13H,10-11H2,1H3,(H,20,23). The highest BCUT2D eigenvalue weighted by Gasteiger charge is 2.09. The van der Waals surface area contributed by atoms with Crippen LogP contribution in [0.5, 0.6) is 0 Å². The van der Waals surface area contributed by atoms with Gasteiger partial charge in [-0.25, -0.2) is 9.67 Å². The molecule has 2 aromatic carbocycles. The number of nitrogens with one attached hydrogen (secondary N) is 1. The number of amides is 1. The maximum absolute atomic E-state index is 12.3. The molecule has 23 heavy (non-hydrogen) atoms. The van der Waals surface area contributed by atoms with E-state index < -0.39 is 0 Å². The largest absolute Gasteiger partial charge is 0.348 e. The molecule has 5 nitrogen and oxygen atoms in total. The average molecular weight is 306 g/mol. The van der Waals surface area contributed by atoms with Gasteiger partial charge < -0.3 is 5.32 Å². The van der Waals surface area contributed by atoms with Crippen molar-refractivity contribution in [2.75, 3.05) is 0 Å². The van der Waals surface area contributed by atoms with Crippen LogP contribution in [0.25, 0.3) is 0 Å². The molecule has 5 heteroatoms. The van der Waals surface area contributed by atoms with E-state index >= 15 is 0 Å². The van der Waals surface area contributed by atoms with E-state index in [9.17, 15) is 4.79 Å². The zero-order chi connectivity index (χ0) is 16.1. The summed E-state index contributed by atoms with van der Waals surface area (Å²) in [7, 11) is 0. The zero-order valence-electron chi connectivity index (χ0n) is 12.9. The fourth-order valence-electron chi connectivity index (χ4n) is 2.47. The Morgan fingerprint density at radius 1 is 1.09 bits per heavy atom. The van der Waals surface area contributed by atoms with E-state index in [1.807, 2.05) is 55.5 Å². The number of aromatic nitrogens is 3. The lowest BCUT2D eigenvalue weighted by atomic mass is 10.1. The molecule has 116 valence electrons. The molecule has 1 amide bonds. The highest BCUT2D eigenvalue weighted by molar-refractivity contribution is 5.95. The Kier molecular flexibility index (Phi) is 4.47. The monoisotopic (exact) mass is 306 g/mol. The van der Waals surface area contributed by atoms with Crippen molar-refractivity contribution in [1.29, 1.82) is 0 Å². The number of aryl methyl sites for hydroxylation is 1. The first kappa shape index (κ1) is 15.0. The van der Waals surface area contributed by atoms with Crippen molar-refractivity contribution in [3.63, 3.8) is 0 Å². The molecule has 0 bridgehead atoms. The molecular weight excluding hydrogens is 288 g/mol. The van der Waals surface area contributed by atoms with Crippen LogP contribution in [0.3, 0.4) is 0 Å². The lowest BCUT2D eigenvalue weighted by molar-refractivity contribution is 0.0950. The minimum atomic E-state index is -0.0568. The van der Waals surface area contributed by atoms with Gasteiger partial charge in [0.05, 0.1) is 6.54 Å². The summed E-state index contributed by atoms with van der Waals surface area (Å²) in [5.41, 5.74) is 3.87. The lowest BCUT2D eigenvalue weighted by Crippen LogP contribution is -2.24. The van der Waals surface area contributed by atoms with Crippen LogP contribution >= 0.6 is 0 Å². The highest BCUT2D eigenvalue weighted by Crippen LogP contribution is 2.11. The van der Waals surface area contributed by atoms with Gasteiger partial charge in [0.1, 0.15) is 12.7 Å². The average Bonchev–Trinajstić information content (AvgIpc) is 3.07.